The summed E-state index contributed by atoms with van der Waals surface area (Å²) in [5.41, 5.74) is 1.14. The molecule has 0 amide bonds. The molecule has 160 valence electrons. The van der Waals surface area contributed by atoms with E-state index in [0.717, 1.165) is 55.0 Å². The minimum Gasteiger partial charge on any atom is -0.356 e. The van der Waals surface area contributed by atoms with Crippen molar-refractivity contribution in [3.63, 3.8) is 0 Å². The van der Waals surface area contributed by atoms with Crippen LogP contribution in [0.25, 0.3) is 0 Å². The standard InChI is InChI=1S/C20H33N7S2/c1-14-15(2)29-18(24-14)11-13-23-19(21-3)22-12-7-10-17-25-26-20(28-4)27(17)16-8-5-6-9-16/h16H,5-13H2,1-4H3,(H2,21,22,23). The van der Waals surface area contributed by atoms with Gasteiger partial charge >= 0.3 is 0 Å². The van der Waals surface area contributed by atoms with Crippen molar-refractivity contribution in [1.29, 1.82) is 0 Å². The summed E-state index contributed by atoms with van der Waals surface area (Å²) in [7, 11) is 1.81. The van der Waals surface area contributed by atoms with Crippen molar-refractivity contribution in [3.8, 4) is 0 Å². The van der Waals surface area contributed by atoms with Gasteiger partial charge in [0.05, 0.1) is 10.7 Å². The van der Waals surface area contributed by atoms with Gasteiger partial charge in [-0.1, -0.05) is 24.6 Å². The molecule has 29 heavy (non-hydrogen) atoms. The average molecular weight is 436 g/mol. The summed E-state index contributed by atoms with van der Waals surface area (Å²) in [6.45, 7) is 5.89. The highest BCUT2D eigenvalue weighted by atomic mass is 32.2. The fourth-order valence-electron chi connectivity index (χ4n) is 3.75. The van der Waals surface area contributed by atoms with E-state index in [1.54, 1.807) is 23.1 Å². The van der Waals surface area contributed by atoms with Crippen molar-refractivity contribution in [1.82, 2.24) is 30.4 Å². The number of nitrogens with zero attached hydrogens (tertiary/aromatic N) is 5. The molecule has 1 fully saturated rings. The Morgan fingerprint density at radius 1 is 1.17 bits per heavy atom. The van der Waals surface area contributed by atoms with E-state index < -0.39 is 0 Å². The van der Waals surface area contributed by atoms with Crippen LogP contribution in [0.3, 0.4) is 0 Å². The summed E-state index contributed by atoms with van der Waals surface area (Å²) >= 11 is 3.48. The van der Waals surface area contributed by atoms with Gasteiger partial charge in [0.15, 0.2) is 11.1 Å². The monoisotopic (exact) mass is 435 g/mol. The highest BCUT2D eigenvalue weighted by Crippen LogP contribution is 2.33. The Balaban J connectivity index is 1.41. The number of guanidine groups is 1. The lowest BCUT2D eigenvalue weighted by Crippen LogP contribution is -2.38. The Morgan fingerprint density at radius 2 is 1.93 bits per heavy atom. The lowest BCUT2D eigenvalue weighted by Gasteiger charge is -2.16. The number of rotatable bonds is 9. The fraction of sp³-hybridized carbons (Fsp3) is 0.700. The number of aromatic nitrogens is 4. The van der Waals surface area contributed by atoms with E-state index >= 15 is 0 Å². The summed E-state index contributed by atoms with van der Waals surface area (Å²) in [6.07, 6.45) is 10.1. The largest absolute Gasteiger partial charge is 0.356 e. The topological polar surface area (TPSA) is 80.0 Å². The third kappa shape index (κ3) is 5.94. The maximum absolute atomic E-state index is 4.59. The molecule has 2 heterocycles. The minimum atomic E-state index is 0.586. The molecule has 7 nitrogen and oxygen atoms in total. The van der Waals surface area contributed by atoms with E-state index in [2.05, 4.69) is 55.5 Å². The van der Waals surface area contributed by atoms with Gasteiger partial charge < -0.3 is 15.2 Å². The van der Waals surface area contributed by atoms with Crippen molar-refractivity contribution in [2.75, 3.05) is 26.4 Å². The van der Waals surface area contributed by atoms with Crippen LogP contribution in [-0.2, 0) is 12.8 Å². The average Bonchev–Trinajstić information content (AvgIpc) is 3.44. The minimum absolute atomic E-state index is 0.586. The molecule has 3 rings (SSSR count). The molecule has 0 saturated heterocycles. The second-order valence-electron chi connectivity index (χ2n) is 7.44. The Bertz CT molecular complexity index is 786. The predicted molar refractivity (Wildman–Crippen MR) is 122 cm³/mol. The van der Waals surface area contributed by atoms with Gasteiger partial charge in [-0.2, -0.15) is 0 Å². The van der Waals surface area contributed by atoms with Crippen LogP contribution in [0.15, 0.2) is 10.1 Å². The van der Waals surface area contributed by atoms with E-state index in [0.29, 0.717) is 6.04 Å². The zero-order valence-corrected chi connectivity index (χ0v) is 19.6. The molecule has 0 bridgehead atoms. The molecule has 0 spiro atoms. The lowest BCUT2D eigenvalue weighted by atomic mass is 10.2. The first-order chi connectivity index (χ1) is 14.1. The third-order valence-corrected chi connectivity index (χ3v) is 7.18. The van der Waals surface area contributed by atoms with Gasteiger partial charge in [-0.05, 0) is 39.4 Å². The van der Waals surface area contributed by atoms with E-state index in [1.807, 2.05) is 7.05 Å². The molecule has 2 aromatic rings. The molecule has 1 saturated carbocycles. The van der Waals surface area contributed by atoms with Gasteiger partial charge in [0.1, 0.15) is 5.82 Å². The van der Waals surface area contributed by atoms with Gasteiger partial charge in [-0.15, -0.1) is 21.5 Å². The number of aliphatic imine (C=N–C) groups is 1. The Labute approximate surface area is 182 Å². The first-order valence-electron chi connectivity index (χ1n) is 10.5. The number of nitrogens with one attached hydrogen (secondary N) is 2. The Kier molecular flexibility index (Phi) is 8.35. The number of hydrogen-bond acceptors (Lipinski definition) is 6. The molecule has 1 aliphatic rings. The highest BCUT2D eigenvalue weighted by molar-refractivity contribution is 7.98. The molecule has 0 aliphatic heterocycles. The molecule has 9 heteroatoms. The predicted octanol–water partition coefficient (Wildman–Crippen LogP) is 3.53. The molecule has 2 aromatic heterocycles. The van der Waals surface area contributed by atoms with Gasteiger partial charge in [-0.3, -0.25) is 4.99 Å². The molecular weight excluding hydrogens is 402 g/mol. The zero-order chi connectivity index (χ0) is 20.6. The van der Waals surface area contributed by atoms with Crippen LogP contribution in [0.4, 0.5) is 0 Å². The van der Waals surface area contributed by atoms with Gasteiger partial charge in [-0.25, -0.2) is 4.98 Å². The van der Waals surface area contributed by atoms with Crippen LogP contribution < -0.4 is 10.6 Å². The first-order valence-corrected chi connectivity index (χ1v) is 12.5. The third-order valence-electron chi connectivity index (χ3n) is 5.40. The van der Waals surface area contributed by atoms with Crippen molar-refractivity contribution in [3.05, 3.63) is 21.4 Å². The SMILES string of the molecule is CN=C(NCCCc1nnc(SC)n1C1CCCC1)NCCc1nc(C)c(C)s1. The molecular formula is C20H33N7S2. The van der Waals surface area contributed by atoms with Crippen molar-refractivity contribution < 1.29 is 0 Å². The summed E-state index contributed by atoms with van der Waals surface area (Å²) in [4.78, 5) is 10.2. The fourth-order valence-corrected chi connectivity index (χ4v) is 5.26. The van der Waals surface area contributed by atoms with E-state index in [-0.39, 0.29) is 0 Å². The quantitative estimate of drug-likeness (QED) is 0.271. The van der Waals surface area contributed by atoms with Crippen LogP contribution >= 0.6 is 23.1 Å². The van der Waals surface area contributed by atoms with Crippen LogP contribution in [0, 0.1) is 13.8 Å². The van der Waals surface area contributed by atoms with Gasteiger partial charge in [0.25, 0.3) is 0 Å². The van der Waals surface area contributed by atoms with E-state index in [1.165, 1.54) is 35.6 Å². The van der Waals surface area contributed by atoms with Crippen molar-refractivity contribution in [2.45, 2.75) is 70.0 Å². The molecule has 0 aromatic carbocycles. The summed E-state index contributed by atoms with van der Waals surface area (Å²) in [5, 5.41) is 17.9. The molecule has 0 unspecified atom stereocenters. The van der Waals surface area contributed by atoms with Crippen LogP contribution in [0.2, 0.25) is 0 Å². The molecule has 1 aliphatic carbocycles. The lowest BCUT2D eigenvalue weighted by molar-refractivity contribution is 0.460. The molecule has 2 N–H and O–H groups in total. The normalized spacial score (nSPS) is 15.2. The summed E-state index contributed by atoms with van der Waals surface area (Å²) in [6, 6.07) is 0.586. The smallest absolute Gasteiger partial charge is 0.191 e. The molecule has 0 radical (unpaired) electrons. The number of hydrogen-bond donors (Lipinski definition) is 2. The Hall–Kier alpha value is -1.61. The summed E-state index contributed by atoms with van der Waals surface area (Å²) in [5.74, 6) is 1.97. The van der Waals surface area contributed by atoms with E-state index in [4.69, 9.17) is 0 Å². The maximum Gasteiger partial charge on any atom is 0.191 e. The first kappa shape index (κ1) is 22.1. The van der Waals surface area contributed by atoms with Crippen molar-refractivity contribution in [2.24, 2.45) is 4.99 Å². The van der Waals surface area contributed by atoms with Gasteiger partial charge in [0.2, 0.25) is 0 Å². The number of thioether (sulfide) groups is 1. The van der Waals surface area contributed by atoms with Gasteiger partial charge in [0, 0.05) is 43.9 Å². The zero-order valence-electron chi connectivity index (χ0n) is 18.0. The number of aryl methyl sites for hydroxylation is 3. The highest BCUT2D eigenvalue weighted by Gasteiger charge is 2.23. The van der Waals surface area contributed by atoms with Crippen LogP contribution in [0.1, 0.15) is 59.5 Å². The van der Waals surface area contributed by atoms with Crippen LogP contribution in [0.5, 0.6) is 0 Å². The Morgan fingerprint density at radius 3 is 2.59 bits per heavy atom. The van der Waals surface area contributed by atoms with Crippen LogP contribution in [-0.4, -0.2) is 52.1 Å². The second kappa shape index (κ2) is 11.0. The maximum atomic E-state index is 4.59. The summed E-state index contributed by atoms with van der Waals surface area (Å²) < 4.78 is 2.39. The van der Waals surface area contributed by atoms with E-state index in [9.17, 15) is 0 Å². The molecule has 0 atom stereocenters. The second-order valence-corrected chi connectivity index (χ2v) is 9.50. The number of thiazole rings is 1. The van der Waals surface area contributed by atoms with Crippen molar-refractivity contribution >= 4 is 29.1 Å².